The van der Waals surface area contributed by atoms with Crippen LogP contribution >= 0.6 is 11.8 Å². The molecule has 0 aromatic heterocycles. The number of ketones is 1. The Morgan fingerprint density at radius 3 is 2.67 bits per heavy atom. The molecule has 1 unspecified atom stereocenters. The Balaban J connectivity index is 1.91. The summed E-state index contributed by atoms with van der Waals surface area (Å²) >= 11 is 1.70. The van der Waals surface area contributed by atoms with E-state index in [9.17, 15) is 4.79 Å². The quantitative estimate of drug-likeness (QED) is 0.600. The van der Waals surface area contributed by atoms with E-state index >= 15 is 0 Å². The van der Waals surface area contributed by atoms with Crippen LogP contribution in [0.4, 0.5) is 0 Å². The van der Waals surface area contributed by atoms with Gasteiger partial charge in [-0.2, -0.15) is 0 Å². The van der Waals surface area contributed by atoms with Gasteiger partial charge in [0.25, 0.3) is 0 Å². The smallest absolute Gasteiger partial charge is 0.176 e. The van der Waals surface area contributed by atoms with Gasteiger partial charge in [-0.1, -0.05) is 25.5 Å². The molecule has 0 radical (unpaired) electrons. The third-order valence-electron chi connectivity index (χ3n) is 3.73. The van der Waals surface area contributed by atoms with Gasteiger partial charge in [0.1, 0.15) is 0 Å². The molecule has 0 saturated carbocycles. The zero-order valence-electron chi connectivity index (χ0n) is 11.2. The molecular formula is C15H21NOS. The lowest BCUT2D eigenvalue weighted by Crippen LogP contribution is -2.27. The van der Waals surface area contributed by atoms with Crippen molar-refractivity contribution in [2.45, 2.75) is 24.7 Å². The summed E-state index contributed by atoms with van der Waals surface area (Å²) in [6, 6.07) is 7.94. The summed E-state index contributed by atoms with van der Waals surface area (Å²) in [4.78, 5) is 15.6. The molecule has 0 aliphatic carbocycles. The Labute approximate surface area is 114 Å². The number of likely N-dealkylation sites (tertiary alicyclic amines) is 1. The second kappa shape index (κ2) is 6.39. The molecule has 1 fully saturated rings. The van der Waals surface area contributed by atoms with Crippen molar-refractivity contribution in [2.75, 3.05) is 25.9 Å². The number of rotatable bonds is 5. The van der Waals surface area contributed by atoms with E-state index in [-0.39, 0.29) is 5.78 Å². The largest absolute Gasteiger partial charge is 0.296 e. The molecule has 0 bridgehead atoms. The Morgan fingerprint density at radius 1 is 1.39 bits per heavy atom. The maximum Gasteiger partial charge on any atom is 0.176 e. The van der Waals surface area contributed by atoms with E-state index in [0.717, 1.165) is 24.6 Å². The standard InChI is InChI=1S/C15H21NOS/c1-3-12-8-9-16(10-12)11-15(17)13-4-6-14(18-2)7-5-13/h4-7,12H,3,8-11H2,1-2H3. The highest BCUT2D eigenvalue weighted by Gasteiger charge is 2.22. The van der Waals surface area contributed by atoms with Gasteiger partial charge >= 0.3 is 0 Å². The van der Waals surface area contributed by atoms with Gasteiger partial charge in [-0.15, -0.1) is 11.8 Å². The predicted octanol–water partition coefficient (Wildman–Crippen LogP) is 3.32. The van der Waals surface area contributed by atoms with Gasteiger partial charge < -0.3 is 0 Å². The van der Waals surface area contributed by atoms with Crippen molar-refractivity contribution in [3.63, 3.8) is 0 Å². The van der Waals surface area contributed by atoms with Crippen molar-refractivity contribution in [1.29, 1.82) is 0 Å². The van der Waals surface area contributed by atoms with Crippen molar-refractivity contribution in [3.05, 3.63) is 29.8 Å². The molecule has 0 spiro atoms. The van der Waals surface area contributed by atoms with Gasteiger partial charge in [0, 0.05) is 17.0 Å². The molecule has 98 valence electrons. The molecule has 2 nitrogen and oxygen atoms in total. The predicted molar refractivity (Wildman–Crippen MR) is 77.4 cm³/mol. The zero-order chi connectivity index (χ0) is 13.0. The molecule has 1 aliphatic rings. The molecular weight excluding hydrogens is 242 g/mol. The number of hydrogen-bond acceptors (Lipinski definition) is 3. The van der Waals surface area contributed by atoms with Crippen molar-refractivity contribution in [1.82, 2.24) is 4.90 Å². The highest BCUT2D eigenvalue weighted by molar-refractivity contribution is 7.98. The number of carbonyl (C=O) groups is 1. The molecule has 1 aliphatic heterocycles. The third kappa shape index (κ3) is 3.36. The lowest BCUT2D eigenvalue weighted by atomic mass is 10.1. The van der Waals surface area contributed by atoms with E-state index < -0.39 is 0 Å². The summed E-state index contributed by atoms with van der Waals surface area (Å²) in [5, 5.41) is 0. The van der Waals surface area contributed by atoms with Crippen molar-refractivity contribution in [3.8, 4) is 0 Å². The topological polar surface area (TPSA) is 20.3 Å². The minimum absolute atomic E-state index is 0.249. The van der Waals surface area contributed by atoms with Crippen LogP contribution in [0.3, 0.4) is 0 Å². The van der Waals surface area contributed by atoms with Crippen molar-refractivity contribution >= 4 is 17.5 Å². The SMILES string of the molecule is CCC1CCN(CC(=O)c2ccc(SC)cc2)C1. The second-order valence-corrected chi connectivity index (χ2v) is 5.83. The van der Waals surface area contributed by atoms with Crippen LogP contribution in [-0.4, -0.2) is 36.6 Å². The van der Waals surface area contributed by atoms with Crippen LogP contribution in [0.15, 0.2) is 29.2 Å². The monoisotopic (exact) mass is 263 g/mol. The van der Waals surface area contributed by atoms with Gasteiger partial charge in [-0.25, -0.2) is 0 Å². The van der Waals surface area contributed by atoms with E-state index in [1.165, 1.54) is 17.7 Å². The fourth-order valence-corrected chi connectivity index (χ4v) is 2.87. The van der Waals surface area contributed by atoms with Crippen LogP contribution in [0.2, 0.25) is 0 Å². The fraction of sp³-hybridized carbons (Fsp3) is 0.533. The van der Waals surface area contributed by atoms with E-state index in [4.69, 9.17) is 0 Å². The maximum absolute atomic E-state index is 12.1. The van der Waals surface area contributed by atoms with E-state index in [1.807, 2.05) is 30.5 Å². The molecule has 1 saturated heterocycles. The summed E-state index contributed by atoms with van der Waals surface area (Å²) in [5.41, 5.74) is 0.841. The van der Waals surface area contributed by atoms with Crippen molar-refractivity contribution in [2.24, 2.45) is 5.92 Å². The highest BCUT2D eigenvalue weighted by Crippen LogP contribution is 2.20. The van der Waals surface area contributed by atoms with E-state index in [1.54, 1.807) is 11.8 Å². The first-order valence-electron chi connectivity index (χ1n) is 6.62. The first kappa shape index (κ1) is 13.6. The van der Waals surface area contributed by atoms with Gasteiger partial charge in [0.05, 0.1) is 6.54 Å². The summed E-state index contributed by atoms with van der Waals surface area (Å²) in [6.07, 6.45) is 4.52. The van der Waals surface area contributed by atoms with E-state index in [2.05, 4.69) is 11.8 Å². The minimum atomic E-state index is 0.249. The Morgan fingerprint density at radius 2 is 2.11 bits per heavy atom. The van der Waals surface area contributed by atoms with Crippen LogP contribution in [0.1, 0.15) is 30.1 Å². The Kier molecular flexibility index (Phi) is 4.84. The van der Waals surface area contributed by atoms with Crippen LogP contribution in [0, 0.1) is 5.92 Å². The summed E-state index contributed by atoms with van der Waals surface area (Å²) in [7, 11) is 0. The Hall–Kier alpha value is -0.800. The number of thioether (sulfide) groups is 1. The summed E-state index contributed by atoms with van der Waals surface area (Å²) in [6.45, 7) is 4.98. The van der Waals surface area contributed by atoms with Gasteiger partial charge in [0.15, 0.2) is 5.78 Å². The molecule has 1 atom stereocenters. The van der Waals surface area contributed by atoms with Gasteiger partial charge in [0.2, 0.25) is 0 Å². The maximum atomic E-state index is 12.1. The van der Waals surface area contributed by atoms with Crippen molar-refractivity contribution < 1.29 is 4.79 Å². The fourth-order valence-electron chi connectivity index (χ4n) is 2.46. The molecule has 1 aromatic rings. The minimum Gasteiger partial charge on any atom is -0.296 e. The highest BCUT2D eigenvalue weighted by atomic mass is 32.2. The average molecular weight is 263 g/mol. The molecule has 2 rings (SSSR count). The summed E-state index contributed by atoms with van der Waals surface area (Å²) < 4.78 is 0. The van der Waals surface area contributed by atoms with Crippen LogP contribution < -0.4 is 0 Å². The van der Waals surface area contributed by atoms with Gasteiger partial charge in [-0.3, -0.25) is 9.69 Å². The van der Waals surface area contributed by atoms with Gasteiger partial charge in [-0.05, 0) is 37.3 Å². The molecule has 18 heavy (non-hydrogen) atoms. The molecule has 0 amide bonds. The second-order valence-electron chi connectivity index (χ2n) is 4.95. The number of Topliss-reactive ketones (excluding diaryl/α,β-unsaturated/α-hetero) is 1. The lowest BCUT2D eigenvalue weighted by Gasteiger charge is -2.14. The first-order valence-corrected chi connectivity index (χ1v) is 7.85. The normalized spacial score (nSPS) is 20.2. The van der Waals surface area contributed by atoms with Crippen LogP contribution in [0.5, 0.6) is 0 Å². The zero-order valence-corrected chi connectivity index (χ0v) is 12.0. The molecule has 0 N–H and O–H groups in total. The van der Waals surface area contributed by atoms with Crippen LogP contribution in [0.25, 0.3) is 0 Å². The number of nitrogens with zero attached hydrogens (tertiary/aromatic N) is 1. The lowest BCUT2D eigenvalue weighted by molar-refractivity contribution is 0.0943. The number of carbonyl (C=O) groups excluding carboxylic acids is 1. The molecule has 1 aromatic carbocycles. The average Bonchev–Trinajstić information content (AvgIpc) is 2.86. The number of benzene rings is 1. The molecule has 3 heteroatoms. The summed E-state index contributed by atoms with van der Waals surface area (Å²) in [5.74, 6) is 1.04. The number of hydrogen-bond donors (Lipinski definition) is 0. The first-order chi connectivity index (χ1) is 8.72. The Bertz CT molecular complexity index is 401. The van der Waals surface area contributed by atoms with E-state index in [0.29, 0.717) is 6.54 Å². The van der Waals surface area contributed by atoms with Crippen LogP contribution in [-0.2, 0) is 0 Å². The third-order valence-corrected chi connectivity index (χ3v) is 4.47. The molecule has 1 heterocycles.